The Hall–Kier alpha value is -2.80. The SMILES string of the molecule is CCOC(=O)C1=C(C)NC(C)=C(C(=O)OCCOC)[C@@H]1c1cc(C(C)(C)C)c(O)c(C(C)(C)C)c1. The largest absolute Gasteiger partial charge is 0.507 e. The quantitative estimate of drug-likeness (QED) is 0.414. The van der Waals surface area contributed by atoms with Crippen LogP contribution in [0.2, 0.25) is 0 Å². The van der Waals surface area contributed by atoms with Gasteiger partial charge in [-0.15, -0.1) is 0 Å². The lowest BCUT2D eigenvalue weighted by atomic mass is 9.73. The number of phenols is 1. The van der Waals surface area contributed by atoms with Crippen molar-refractivity contribution >= 4 is 11.9 Å². The van der Waals surface area contributed by atoms with E-state index in [1.165, 1.54) is 7.11 Å². The molecule has 1 heterocycles. The molecule has 1 atom stereocenters. The van der Waals surface area contributed by atoms with Crippen molar-refractivity contribution in [3.05, 3.63) is 51.4 Å². The molecule has 0 amide bonds. The molecule has 0 spiro atoms. The Kier molecular flexibility index (Phi) is 8.82. The van der Waals surface area contributed by atoms with E-state index >= 15 is 0 Å². The first-order valence-electron chi connectivity index (χ1n) is 12.0. The summed E-state index contributed by atoms with van der Waals surface area (Å²) in [5.41, 5.74) is 3.34. The average Bonchev–Trinajstić information content (AvgIpc) is 2.71. The van der Waals surface area contributed by atoms with Crippen molar-refractivity contribution in [2.75, 3.05) is 26.9 Å². The zero-order chi connectivity index (χ0) is 26.7. The van der Waals surface area contributed by atoms with Crippen molar-refractivity contribution in [3.8, 4) is 5.75 Å². The number of phenolic OH excluding ortho intramolecular Hbond substituents is 1. The average molecular weight is 488 g/mol. The van der Waals surface area contributed by atoms with Gasteiger partial charge in [0.2, 0.25) is 0 Å². The molecule has 1 aliphatic rings. The minimum absolute atomic E-state index is 0.0896. The van der Waals surface area contributed by atoms with Crippen LogP contribution in [0.3, 0.4) is 0 Å². The number of benzene rings is 1. The summed E-state index contributed by atoms with van der Waals surface area (Å²) in [5.74, 6) is -1.53. The lowest BCUT2D eigenvalue weighted by Crippen LogP contribution is -2.33. The van der Waals surface area contributed by atoms with E-state index in [0.717, 1.165) is 16.7 Å². The minimum Gasteiger partial charge on any atom is -0.507 e. The van der Waals surface area contributed by atoms with Crippen LogP contribution in [-0.4, -0.2) is 44.0 Å². The Balaban J connectivity index is 2.87. The zero-order valence-corrected chi connectivity index (χ0v) is 22.8. The summed E-state index contributed by atoms with van der Waals surface area (Å²) in [7, 11) is 1.53. The number of carbonyl (C=O) groups excluding carboxylic acids is 2. The van der Waals surface area contributed by atoms with E-state index in [4.69, 9.17) is 14.2 Å². The van der Waals surface area contributed by atoms with Gasteiger partial charge in [-0.1, -0.05) is 53.7 Å². The van der Waals surface area contributed by atoms with E-state index in [1.54, 1.807) is 20.8 Å². The Labute approximate surface area is 209 Å². The fourth-order valence-corrected chi connectivity index (χ4v) is 4.34. The highest BCUT2D eigenvalue weighted by Gasteiger charge is 2.39. The third-order valence-electron chi connectivity index (χ3n) is 6.08. The van der Waals surface area contributed by atoms with Gasteiger partial charge in [-0.2, -0.15) is 0 Å². The Morgan fingerprint density at radius 2 is 1.34 bits per heavy atom. The number of methoxy groups -OCH3 is 1. The van der Waals surface area contributed by atoms with Gasteiger partial charge in [0, 0.05) is 18.5 Å². The Morgan fingerprint density at radius 3 is 1.74 bits per heavy atom. The maximum absolute atomic E-state index is 13.3. The maximum atomic E-state index is 13.3. The predicted octanol–water partition coefficient (Wildman–Crippen LogP) is 4.97. The molecule has 0 unspecified atom stereocenters. The molecule has 0 saturated carbocycles. The zero-order valence-electron chi connectivity index (χ0n) is 22.8. The van der Waals surface area contributed by atoms with Gasteiger partial charge in [0.25, 0.3) is 0 Å². The van der Waals surface area contributed by atoms with Crippen molar-refractivity contribution < 1.29 is 28.9 Å². The van der Waals surface area contributed by atoms with Gasteiger partial charge < -0.3 is 24.6 Å². The molecule has 1 aliphatic heterocycles. The molecule has 0 aliphatic carbocycles. The van der Waals surface area contributed by atoms with Crippen molar-refractivity contribution in [2.24, 2.45) is 0 Å². The van der Waals surface area contributed by atoms with Crippen molar-refractivity contribution in [1.29, 1.82) is 0 Å². The normalized spacial score (nSPS) is 16.8. The molecule has 0 bridgehead atoms. The third-order valence-corrected chi connectivity index (χ3v) is 6.08. The van der Waals surface area contributed by atoms with E-state index in [9.17, 15) is 14.7 Å². The lowest BCUT2D eigenvalue weighted by molar-refractivity contribution is -0.140. The van der Waals surface area contributed by atoms with Crippen LogP contribution in [0.1, 0.15) is 84.9 Å². The van der Waals surface area contributed by atoms with Crippen LogP contribution in [0, 0.1) is 0 Å². The van der Waals surface area contributed by atoms with Crippen LogP contribution in [0.5, 0.6) is 5.75 Å². The molecule has 7 heteroatoms. The first-order valence-corrected chi connectivity index (χ1v) is 12.0. The topological polar surface area (TPSA) is 94.1 Å². The van der Waals surface area contributed by atoms with Crippen LogP contribution in [0.4, 0.5) is 0 Å². The smallest absolute Gasteiger partial charge is 0.336 e. The molecule has 2 N–H and O–H groups in total. The van der Waals surface area contributed by atoms with E-state index in [0.29, 0.717) is 22.5 Å². The molecule has 194 valence electrons. The summed E-state index contributed by atoms with van der Waals surface area (Å²) >= 11 is 0. The number of ether oxygens (including phenoxy) is 3. The van der Waals surface area contributed by atoms with Gasteiger partial charge in [0.05, 0.1) is 30.3 Å². The van der Waals surface area contributed by atoms with Crippen molar-refractivity contribution in [1.82, 2.24) is 5.32 Å². The number of carbonyl (C=O) groups is 2. The molecule has 1 aromatic carbocycles. The summed E-state index contributed by atoms with van der Waals surface area (Å²) in [6, 6.07) is 3.78. The Bertz CT molecular complexity index is 1000. The fraction of sp³-hybridized carbons (Fsp3) is 0.571. The first-order chi connectivity index (χ1) is 16.1. The number of aromatic hydroxyl groups is 1. The maximum Gasteiger partial charge on any atom is 0.336 e. The van der Waals surface area contributed by atoms with Crippen molar-refractivity contribution in [2.45, 2.75) is 79.1 Å². The molecule has 0 fully saturated rings. The van der Waals surface area contributed by atoms with Crippen LogP contribution in [0.15, 0.2) is 34.7 Å². The highest BCUT2D eigenvalue weighted by atomic mass is 16.6. The van der Waals surface area contributed by atoms with Gasteiger partial charge in [-0.25, -0.2) is 9.59 Å². The number of dihydropyridines is 1. The monoisotopic (exact) mass is 487 g/mol. The predicted molar refractivity (Wildman–Crippen MR) is 136 cm³/mol. The van der Waals surface area contributed by atoms with Crippen LogP contribution in [0.25, 0.3) is 0 Å². The van der Waals surface area contributed by atoms with E-state index in [-0.39, 0.29) is 36.4 Å². The number of allylic oxidation sites excluding steroid dienone is 2. The van der Waals surface area contributed by atoms with E-state index in [2.05, 4.69) is 5.32 Å². The van der Waals surface area contributed by atoms with E-state index < -0.39 is 17.9 Å². The van der Waals surface area contributed by atoms with Crippen LogP contribution in [-0.2, 0) is 34.6 Å². The molecule has 0 aromatic heterocycles. The summed E-state index contributed by atoms with van der Waals surface area (Å²) in [5, 5.41) is 14.4. The van der Waals surface area contributed by atoms with E-state index in [1.807, 2.05) is 53.7 Å². The molecular formula is C28H41NO6. The van der Waals surface area contributed by atoms with Gasteiger partial charge in [-0.05, 0) is 48.3 Å². The molecule has 0 radical (unpaired) electrons. The summed E-state index contributed by atoms with van der Waals surface area (Å²) in [6.45, 7) is 18.0. The van der Waals surface area contributed by atoms with Gasteiger partial charge in [0.1, 0.15) is 12.4 Å². The number of nitrogens with one attached hydrogen (secondary N) is 1. The molecule has 35 heavy (non-hydrogen) atoms. The second kappa shape index (κ2) is 10.9. The number of rotatable bonds is 7. The number of esters is 2. The number of hydrogen-bond donors (Lipinski definition) is 2. The van der Waals surface area contributed by atoms with Gasteiger partial charge in [-0.3, -0.25) is 0 Å². The lowest BCUT2D eigenvalue weighted by Gasteiger charge is -2.33. The number of hydrogen-bond acceptors (Lipinski definition) is 7. The second-order valence-corrected chi connectivity index (χ2v) is 10.9. The third kappa shape index (κ3) is 6.26. The minimum atomic E-state index is -0.729. The summed E-state index contributed by atoms with van der Waals surface area (Å²) < 4.78 is 15.9. The van der Waals surface area contributed by atoms with Crippen LogP contribution >= 0.6 is 0 Å². The summed E-state index contributed by atoms with van der Waals surface area (Å²) in [6.07, 6.45) is 0. The first kappa shape index (κ1) is 28.4. The fourth-order valence-electron chi connectivity index (χ4n) is 4.34. The highest BCUT2D eigenvalue weighted by molar-refractivity contribution is 6.00. The standard InChI is InChI=1S/C28H41NO6/c1-11-34-25(31)21-16(2)29-17(3)22(26(32)35-13-12-33-10)23(21)18-14-19(27(4,5)6)24(30)20(15-18)28(7,8)9/h14-15,23,29-30H,11-13H2,1-10H3/t23-/m1/s1. The van der Waals surface area contributed by atoms with Gasteiger partial charge in [0.15, 0.2) is 0 Å². The van der Waals surface area contributed by atoms with Gasteiger partial charge >= 0.3 is 11.9 Å². The molecule has 1 aromatic rings. The van der Waals surface area contributed by atoms with Crippen molar-refractivity contribution in [3.63, 3.8) is 0 Å². The Morgan fingerprint density at radius 1 is 0.886 bits per heavy atom. The molecule has 0 saturated heterocycles. The highest BCUT2D eigenvalue weighted by Crippen LogP contribution is 2.45. The molecule has 2 rings (SSSR count). The molecule has 7 nitrogen and oxygen atoms in total. The molecular weight excluding hydrogens is 446 g/mol. The second-order valence-electron chi connectivity index (χ2n) is 10.9. The van der Waals surface area contributed by atoms with Crippen LogP contribution < -0.4 is 5.32 Å². The summed E-state index contributed by atoms with van der Waals surface area (Å²) in [4.78, 5) is 26.5.